The van der Waals surface area contributed by atoms with Crippen LogP contribution < -0.4 is 0 Å². The molecule has 332 valence electrons. The number of likely N-dealkylation sites (N-methyl/N-ethyl adjacent to an activating group) is 1. The number of aliphatic carboxylic acids is 1. The minimum atomic E-state index is -0.877. The highest BCUT2D eigenvalue weighted by molar-refractivity contribution is 5.72. The molecule has 0 amide bonds. The highest BCUT2D eigenvalue weighted by Gasteiger charge is 2.31. The molecule has 1 N–H and O–H groups in total. The van der Waals surface area contributed by atoms with Crippen LogP contribution in [-0.4, -0.2) is 80.6 Å². The lowest BCUT2D eigenvalue weighted by Crippen LogP contribution is -2.50. The standard InChI is InChI=1S/C49H89NO7/c1-6-8-10-12-14-16-18-20-22-24-26-28-30-32-34-36-38-40-48(52)57-45(43-55-42-41-46(49(53)54)50(3,4)5)44-56-47(51)39-37-35-33-31-29-27-25-23-21-19-17-15-13-11-9-7-2/h14,16,20,22-23,25,45-46H,6-13,15,17-19,21,24,26-44H2,1-5H3/p+1/b16-14+,22-20+,25-23+. The lowest BCUT2D eigenvalue weighted by molar-refractivity contribution is -0.887. The molecule has 2 unspecified atom stereocenters. The molecule has 0 spiro atoms. The van der Waals surface area contributed by atoms with E-state index < -0.39 is 18.1 Å². The summed E-state index contributed by atoms with van der Waals surface area (Å²) in [6.07, 6.45) is 46.1. The Morgan fingerprint density at radius 3 is 1.40 bits per heavy atom. The van der Waals surface area contributed by atoms with Gasteiger partial charge in [-0.25, -0.2) is 4.79 Å². The predicted octanol–water partition coefficient (Wildman–Crippen LogP) is 13.0. The Kier molecular flexibility index (Phi) is 38.6. The largest absolute Gasteiger partial charge is 0.477 e. The van der Waals surface area contributed by atoms with Gasteiger partial charge in [-0.2, -0.15) is 0 Å². The van der Waals surface area contributed by atoms with Crippen molar-refractivity contribution in [2.75, 3.05) is 41.0 Å². The number of carboxylic acid groups (broad SMARTS) is 1. The second kappa shape index (κ2) is 40.3. The maximum Gasteiger partial charge on any atom is 0.362 e. The number of nitrogens with zero attached hydrogens (tertiary/aromatic N) is 1. The molecular formula is C49H90NO7+. The summed E-state index contributed by atoms with van der Waals surface area (Å²) in [7, 11) is 5.53. The summed E-state index contributed by atoms with van der Waals surface area (Å²) in [6, 6.07) is -0.616. The molecule has 0 aromatic heterocycles. The molecule has 8 heteroatoms. The van der Waals surface area contributed by atoms with Gasteiger partial charge in [0.1, 0.15) is 6.61 Å². The topological polar surface area (TPSA) is 99.1 Å². The number of carbonyl (C=O) groups is 3. The number of carbonyl (C=O) groups excluding carboxylic acids is 2. The molecule has 2 atom stereocenters. The third-order valence-corrected chi connectivity index (χ3v) is 10.5. The van der Waals surface area contributed by atoms with Crippen LogP contribution in [0.5, 0.6) is 0 Å². The zero-order valence-corrected chi connectivity index (χ0v) is 37.8. The molecule has 0 aliphatic carbocycles. The van der Waals surface area contributed by atoms with Crippen molar-refractivity contribution in [3.63, 3.8) is 0 Å². The fourth-order valence-electron chi connectivity index (χ4n) is 6.82. The van der Waals surface area contributed by atoms with Crippen LogP contribution in [0.3, 0.4) is 0 Å². The first-order valence-corrected chi connectivity index (χ1v) is 23.5. The van der Waals surface area contributed by atoms with E-state index in [0.717, 1.165) is 57.8 Å². The molecule has 8 nitrogen and oxygen atoms in total. The maximum atomic E-state index is 12.7. The van der Waals surface area contributed by atoms with Crippen LogP contribution in [0.25, 0.3) is 0 Å². The van der Waals surface area contributed by atoms with Crippen LogP contribution in [0.2, 0.25) is 0 Å². The van der Waals surface area contributed by atoms with Crippen molar-refractivity contribution >= 4 is 17.9 Å². The van der Waals surface area contributed by atoms with Crippen LogP contribution in [0, 0.1) is 0 Å². The molecule has 0 radical (unpaired) electrons. The zero-order valence-electron chi connectivity index (χ0n) is 37.8. The van der Waals surface area contributed by atoms with Gasteiger partial charge >= 0.3 is 17.9 Å². The van der Waals surface area contributed by atoms with Crippen molar-refractivity contribution in [2.45, 2.75) is 219 Å². The number of allylic oxidation sites excluding steroid dienone is 6. The van der Waals surface area contributed by atoms with Crippen molar-refractivity contribution < 1.29 is 38.2 Å². The summed E-state index contributed by atoms with van der Waals surface area (Å²) in [4.78, 5) is 37.0. The number of hydrogen-bond acceptors (Lipinski definition) is 6. The summed E-state index contributed by atoms with van der Waals surface area (Å²) in [5, 5.41) is 9.63. The average molecular weight is 805 g/mol. The van der Waals surface area contributed by atoms with Crippen LogP contribution in [-0.2, 0) is 28.6 Å². The molecule has 0 rings (SSSR count). The Labute approximate surface area is 351 Å². The van der Waals surface area contributed by atoms with E-state index in [9.17, 15) is 19.5 Å². The molecule has 0 aromatic rings. The van der Waals surface area contributed by atoms with E-state index >= 15 is 0 Å². The average Bonchev–Trinajstić information content (AvgIpc) is 3.17. The van der Waals surface area contributed by atoms with E-state index in [4.69, 9.17) is 14.2 Å². The van der Waals surface area contributed by atoms with Gasteiger partial charge in [0.15, 0.2) is 12.1 Å². The summed E-state index contributed by atoms with van der Waals surface area (Å²) in [6.45, 7) is 4.70. The van der Waals surface area contributed by atoms with E-state index in [1.54, 1.807) is 0 Å². The Hall–Kier alpha value is -2.45. The van der Waals surface area contributed by atoms with E-state index in [0.29, 0.717) is 19.3 Å². The molecular weight excluding hydrogens is 715 g/mol. The molecule has 0 aliphatic rings. The molecule has 0 heterocycles. The number of carboxylic acids is 1. The lowest BCUT2D eigenvalue weighted by Gasteiger charge is -2.31. The third kappa shape index (κ3) is 38.8. The molecule has 0 saturated heterocycles. The number of unbranched alkanes of at least 4 members (excludes halogenated alkanes) is 22. The van der Waals surface area contributed by atoms with Gasteiger partial charge < -0.3 is 23.8 Å². The van der Waals surface area contributed by atoms with Gasteiger partial charge in [0.25, 0.3) is 0 Å². The maximum absolute atomic E-state index is 12.7. The summed E-state index contributed by atoms with van der Waals surface area (Å²) in [5.41, 5.74) is 0. The van der Waals surface area contributed by atoms with Gasteiger partial charge in [0.05, 0.1) is 34.4 Å². The van der Waals surface area contributed by atoms with E-state index in [-0.39, 0.29) is 36.2 Å². The molecule has 0 aromatic carbocycles. The monoisotopic (exact) mass is 805 g/mol. The summed E-state index contributed by atoms with van der Waals surface area (Å²) < 4.78 is 17.3. The predicted molar refractivity (Wildman–Crippen MR) is 238 cm³/mol. The smallest absolute Gasteiger partial charge is 0.362 e. The number of quaternary nitrogens is 1. The first-order chi connectivity index (χ1) is 27.6. The van der Waals surface area contributed by atoms with Gasteiger partial charge in [-0.1, -0.05) is 153 Å². The van der Waals surface area contributed by atoms with Gasteiger partial charge in [-0.15, -0.1) is 0 Å². The number of ether oxygens (including phenoxy) is 3. The van der Waals surface area contributed by atoms with Crippen molar-refractivity contribution in [3.8, 4) is 0 Å². The van der Waals surface area contributed by atoms with Crippen LogP contribution in [0.15, 0.2) is 36.5 Å². The fourth-order valence-corrected chi connectivity index (χ4v) is 6.82. The van der Waals surface area contributed by atoms with Gasteiger partial charge in [0, 0.05) is 19.3 Å². The number of esters is 2. The van der Waals surface area contributed by atoms with Crippen LogP contribution in [0.4, 0.5) is 0 Å². The minimum absolute atomic E-state index is 0.0565. The number of rotatable bonds is 42. The lowest BCUT2D eigenvalue weighted by atomic mass is 10.1. The van der Waals surface area contributed by atoms with Gasteiger partial charge in [-0.3, -0.25) is 9.59 Å². The second-order valence-corrected chi connectivity index (χ2v) is 17.0. The highest BCUT2D eigenvalue weighted by Crippen LogP contribution is 2.14. The first-order valence-electron chi connectivity index (χ1n) is 23.5. The molecule has 0 bridgehead atoms. The van der Waals surface area contributed by atoms with Crippen LogP contribution in [0.1, 0.15) is 206 Å². The first kappa shape index (κ1) is 54.6. The Balaban J connectivity index is 4.33. The third-order valence-electron chi connectivity index (χ3n) is 10.5. The van der Waals surface area contributed by atoms with Crippen molar-refractivity contribution in [1.82, 2.24) is 0 Å². The van der Waals surface area contributed by atoms with E-state index in [1.807, 2.05) is 21.1 Å². The SMILES string of the molecule is CCCCC/C=C/C/C=C/CCCCCCCCCC(=O)OC(COCCC(C(=O)O)[N+](C)(C)C)COC(=O)CCCCCCC/C=C/CCCCCCCCC. The normalized spacial score (nSPS) is 13.2. The minimum Gasteiger partial charge on any atom is -0.477 e. The van der Waals surface area contributed by atoms with Crippen molar-refractivity contribution in [1.29, 1.82) is 0 Å². The second-order valence-electron chi connectivity index (χ2n) is 17.0. The summed E-state index contributed by atoms with van der Waals surface area (Å²) in [5.74, 6) is -1.48. The Morgan fingerprint density at radius 1 is 0.526 bits per heavy atom. The van der Waals surface area contributed by atoms with Crippen molar-refractivity contribution in [2.24, 2.45) is 0 Å². The Morgan fingerprint density at radius 2 is 0.930 bits per heavy atom. The molecule has 0 saturated carbocycles. The van der Waals surface area contributed by atoms with Gasteiger partial charge in [-0.05, 0) is 70.6 Å². The van der Waals surface area contributed by atoms with Crippen LogP contribution >= 0.6 is 0 Å². The highest BCUT2D eigenvalue weighted by atomic mass is 16.6. The molecule has 0 fully saturated rings. The van der Waals surface area contributed by atoms with Crippen molar-refractivity contribution in [3.05, 3.63) is 36.5 Å². The number of hydrogen-bond donors (Lipinski definition) is 1. The van der Waals surface area contributed by atoms with Gasteiger partial charge in [0.2, 0.25) is 0 Å². The van der Waals surface area contributed by atoms with E-state index in [1.165, 1.54) is 116 Å². The van der Waals surface area contributed by atoms with E-state index in [2.05, 4.69) is 50.3 Å². The Bertz CT molecular complexity index is 1030. The zero-order chi connectivity index (χ0) is 42.1. The molecule has 57 heavy (non-hydrogen) atoms. The fraction of sp³-hybridized carbons (Fsp3) is 0.816. The molecule has 0 aliphatic heterocycles. The summed E-state index contributed by atoms with van der Waals surface area (Å²) >= 11 is 0. The quantitative estimate of drug-likeness (QED) is 0.0284.